The smallest absolute Gasteiger partial charge is 0.240 e. The van der Waals surface area contributed by atoms with Gasteiger partial charge in [-0.05, 0) is 74.7 Å². The molecule has 4 bridgehead atoms. The number of carbonyl (C=O) groups excluding carboxylic acids is 1. The van der Waals surface area contributed by atoms with Gasteiger partial charge in [0.15, 0.2) is 0 Å². The topological polar surface area (TPSA) is 57.2 Å². The molecule has 0 saturated heterocycles. The molecule has 0 radical (unpaired) electrons. The fourth-order valence-electron chi connectivity index (χ4n) is 6.52. The molecular formula is C22H27N3O. The molecule has 1 aromatic heterocycles. The van der Waals surface area contributed by atoms with E-state index in [4.69, 9.17) is 0 Å². The van der Waals surface area contributed by atoms with E-state index >= 15 is 0 Å². The van der Waals surface area contributed by atoms with Crippen LogP contribution in [0.5, 0.6) is 0 Å². The van der Waals surface area contributed by atoms with E-state index in [1.807, 2.05) is 19.1 Å². The third-order valence-electron chi connectivity index (χ3n) is 7.03. The predicted octanol–water partition coefficient (Wildman–Crippen LogP) is 4.53. The number of hydrogen-bond donors (Lipinski definition) is 2. The van der Waals surface area contributed by atoms with Gasteiger partial charge in [0, 0.05) is 28.6 Å². The number of para-hydroxylation sites is 1. The molecule has 4 saturated carbocycles. The number of H-pyrrole nitrogens is 1. The molecule has 4 aliphatic carbocycles. The lowest BCUT2D eigenvalue weighted by molar-refractivity contribution is -0.129. The number of fused-ring (bicyclic) bond motifs is 1. The van der Waals surface area contributed by atoms with Crippen molar-refractivity contribution < 1.29 is 4.79 Å². The van der Waals surface area contributed by atoms with Crippen LogP contribution < -0.4 is 5.43 Å². The number of aryl methyl sites for hydroxylation is 1. The first-order valence-electron chi connectivity index (χ1n) is 9.99. The lowest BCUT2D eigenvalue weighted by atomic mass is 9.49. The number of carbonyl (C=O) groups is 1. The third-order valence-corrected chi connectivity index (χ3v) is 7.03. The van der Waals surface area contributed by atoms with Crippen LogP contribution in [0.3, 0.4) is 0 Å². The maximum atomic E-state index is 12.6. The molecular weight excluding hydrogens is 322 g/mol. The molecule has 4 nitrogen and oxygen atoms in total. The summed E-state index contributed by atoms with van der Waals surface area (Å²) in [7, 11) is 0. The minimum absolute atomic E-state index is 0.0840. The van der Waals surface area contributed by atoms with E-state index in [-0.39, 0.29) is 11.3 Å². The van der Waals surface area contributed by atoms with Crippen LogP contribution in [0.4, 0.5) is 0 Å². The second-order valence-electron chi connectivity index (χ2n) is 9.10. The Morgan fingerprint density at radius 2 is 1.85 bits per heavy atom. The zero-order valence-electron chi connectivity index (χ0n) is 15.4. The molecule has 1 heterocycles. The van der Waals surface area contributed by atoms with E-state index in [1.54, 1.807) is 6.21 Å². The largest absolute Gasteiger partial charge is 0.358 e. The van der Waals surface area contributed by atoms with Crippen LogP contribution in [0.2, 0.25) is 0 Å². The molecule has 0 atom stereocenters. The summed E-state index contributed by atoms with van der Waals surface area (Å²) in [5.74, 6) is 2.73. The van der Waals surface area contributed by atoms with Gasteiger partial charge < -0.3 is 4.98 Å². The standard InChI is InChI=1S/C22H27N3O/c1-14-19(18-4-2-3-5-20(18)24-14)13-23-25-21(26)12-22-9-15-6-16(10-22)8-17(7-15)11-22/h2-5,13,15-17,24H,6-12H2,1H3,(H,25,26)/b23-13-. The van der Waals surface area contributed by atoms with Crippen molar-refractivity contribution >= 4 is 23.0 Å². The maximum absolute atomic E-state index is 12.6. The quantitative estimate of drug-likeness (QED) is 0.618. The van der Waals surface area contributed by atoms with Crippen molar-refractivity contribution in [3.63, 3.8) is 0 Å². The molecule has 1 amide bonds. The zero-order chi connectivity index (χ0) is 17.7. The average Bonchev–Trinajstić information content (AvgIpc) is 2.89. The Morgan fingerprint density at radius 3 is 2.54 bits per heavy atom. The van der Waals surface area contributed by atoms with Crippen molar-refractivity contribution in [3.8, 4) is 0 Å². The summed E-state index contributed by atoms with van der Waals surface area (Å²) in [6.07, 6.45) is 10.5. The van der Waals surface area contributed by atoms with Crippen molar-refractivity contribution in [2.24, 2.45) is 28.3 Å². The summed E-state index contributed by atoms with van der Waals surface area (Å²) in [6, 6.07) is 8.19. The zero-order valence-corrected chi connectivity index (χ0v) is 15.4. The van der Waals surface area contributed by atoms with Crippen LogP contribution in [0.25, 0.3) is 10.9 Å². The summed E-state index contributed by atoms with van der Waals surface area (Å²) in [4.78, 5) is 15.9. The summed E-state index contributed by atoms with van der Waals surface area (Å²) >= 11 is 0. The highest BCUT2D eigenvalue weighted by molar-refractivity contribution is 6.00. The van der Waals surface area contributed by atoms with Gasteiger partial charge in [-0.15, -0.1) is 0 Å². The van der Waals surface area contributed by atoms with Crippen molar-refractivity contribution in [2.45, 2.75) is 51.9 Å². The Labute approximate surface area is 154 Å². The molecule has 6 rings (SSSR count). The van der Waals surface area contributed by atoms with Crippen LogP contribution >= 0.6 is 0 Å². The number of hydrazone groups is 1. The Balaban J connectivity index is 1.26. The minimum atomic E-state index is 0.0840. The molecule has 4 fully saturated rings. The van der Waals surface area contributed by atoms with Crippen molar-refractivity contribution in [2.75, 3.05) is 0 Å². The summed E-state index contributed by atoms with van der Waals surface area (Å²) in [5.41, 5.74) is 6.30. The Morgan fingerprint density at radius 1 is 1.19 bits per heavy atom. The monoisotopic (exact) mass is 349 g/mol. The van der Waals surface area contributed by atoms with Crippen molar-refractivity contribution in [1.29, 1.82) is 0 Å². The van der Waals surface area contributed by atoms with E-state index in [0.717, 1.165) is 39.9 Å². The van der Waals surface area contributed by atoms with Gasteiger partial charge in [-0.25, -0.2) is 5.43 Å². The van der Waals surface area contributed by atoms with E-state index in [0.29, 0.717) is 6.42 Å². The fourth-order valence-corrected chi connectivity index (χ4v) is 6.52. The van der Waals surface area contributed by atoms with Crippen LogP contribution in [0, 0.1) is 30.1 Å². The fraction of sp³-hybridized carbons (Fsp3) is 0.545. The van der Waals surface area contributed by atoms with Gasteiger partial charge in [-0.2, -0.15) is 5.10 Å². The molecule has 0 aliphatic heterocycles. The highest BCUT2D eigenvalue weighted by Crippen LogP contribution is 2.61. The predicted molar refractivity (Wildman–Crippen MR) is 104 cm³/mol. The molecule has 1 aromatic carbocycles. The number of nitrogens with one attached hydrogen (secondary N) is 2. The Bertz CT molecular complexity index is 843. The lowest BCUT2D eigenvalue weighted by Crippen LogP contribution is -2.47. The van der Waals surface area contributed by atoms with Crippen LogP contribution in [-0.2, 0) is 4.79 Å². The second-order valence-corrected chi connectivity index (χ2v) is 9.10. The Hall–Kier alpha value is -2.10. The number of aromatic amines is 1. The molecule has 0 spiro atoms. The lowest BCUT2D eigenvalue weighted by Gasteiger charge is -2.56. The van der Waals surface area contributed by atoms with Gasteiger partial charge in [0.2, 0.25) is 5.91 Å². The first-order valence-corrected chi connectivity index (χ1v) is 9.99. The summed E-state index contributed by atoms with van der Waals surface area (Å²) < 4.78 is 0. The third kappa shape index (κ3) is 2.76. The van der Waals surface area contributed by atoms with Crippen molar-refractivity contribution in [3.05, 3.63) is 35.5 Å². The van der Waals surface area contributed by atoms with E-state index in [1.165, 1.54) is 38.5 Å². The number of rotatable bonds is 4. The SMILES string of the molecule is Cc1[nH]c2ccccc2c1/C=N\NC(=O)CC12CC3CC(CC(C3)C1)C2. The van der Waals surface area contributed by atoms with E-state index < -0.39 is 0 Å². The molecule has 136 valence electrons. The molecule has 0 unspecified atom stereocenters. The first kappa shape index (κ1) is 16.1. The average molecular weight is 349 g/mol. The van der Waals surface area contributed by atoms with Crippen LogP contribution in [-0.4, -0.2) is 17.1 Å². The summed E-state index contributed by atoms with van der Waals surface area (Å²) in [5, 5.41) is 5.42. The second kappa shape index (κ2) is 5.97. The van der Waals surface area contributed by atoms with E-state index in [9.17, 15) is 4.79 Å². The highest BCUT2D eigenvalue weighted by Gasteiger charge is 2.51. The maximum Gasteiger partial charge on any atom is 0.240 e. The minimum Gasteiger partial charge on any atom is -0.358 e. The van der Waals surface area contributed by atoms with Gasteiger partial charge in [-0.1, -0.05) is 18.2 Å². The van der Waals surface area contributed by atoms with Crippen LogP contribution in [0.15, 0.2) is 29.4 Å². The number of aromatic nitrogens is 1. The van der Waals surface area contributed by atoms with Gasteiger partial charge in [0.25, 0.3) is 0 Å². The Kier molecular flexibility index (Phi) is 3.70. The van der Waals surface area contributed by atoms with Crippen LogP contribution in [0.1, 0.15) is 56.2 Å². The normalized spacial score (nSPS) is 32.6. The van der Waals surface area contributed by atoms with E-state index in [2.05, 4.69) is 27.6 Å². The molecule has 26 heavy (non-hydrogen) atoms. The van der Waals surface area contributed by atoms with Gasteiger partial charge in [-0.3, -0.25) is 4.79 Å². The van der Waals surface area contributed by atoms with Gasteiger partial charge in [0.05, 0.1) is 6.21 Å². The van der Waals surface area contributed by atoms with Crippen molar-refractivity contribution in [1.82, 2.24) is 10.4 Å². The molecule has 4 heteroatoms. The number of nitrogens with zero attached hydrogens (tertiary/aromatic N) is 1. The first-order chi connectivity index (χ1) is 12.6. The molecule has 2 N–H and O–H groups in total. The number of hydrogen-bond acceptors (Lipinski definition) is 2. The molecule has 4 aliphatic rings. The van der Waals surface area contributed by atoms with Gasteiger partial charge >= 0.3 is 0 Å². The highest BCUT2D eigenvalue weighted by atomic mass is 16.2. The molecule has 2 aromatic rings. The van der Waals surface area contributed by atoms with Gasteiger partial charge in [0.1, 0.15) is 0 Å². The number of benzene rings is 1. The number of amides is 1. The summed E-state index contributed by atoms with van der Waals surface area (Å²) in [6.45, 7) is 2.04.